The maximum atomic E-state index is 15.1. The van der Waals surface area contributed by atoms with Crippen molar-refractivity contribution >= 4 is 28.6 Å². The Morgan fingerprint density at radius 2 is 1.68 bits per heavy atom. The number of fused-ring (bicyclic) bond motifs is 1. The van der Waals surface area contributed by atoms with Crippen LogP contribution in [-0.4, -0.2) is 94.7 Å². The number of rotatable bonds is 6. The number of nitrogens with one attached hydrogen (secondary N) is 1. The quantitative estimate of drug-likeness (QED) is 0.395. The van der Waals surface area contributed by atoms with E-state index in [1.54, 1.807) is 23.0 Å². The molecule has 0 bridgehead atoms. The zero-order valence-corrected chi connectivity index (χ0v) is 22.3. The smallest absolute Gasteiger partial charge is 0.259 e. The fraction of sp³-hybridized carbons (Fsp3) is 0.345. The molecule has 4 heterocycles. The Balaban J connectivity index is 1.20. The Labute approximate surface area is 231 Å². The third kappa shape index (κ3) is 5.53. The Hall–Kier alpha value is -3.93. The molecule has 0 atom stereocenters. The van der Waals surface area contributed by atoms with E-state index >= 15 is 8.78 Å². The summed E-state index contributed by atoms with van der Waals surface area (Å²) in [4.78, 5) is 28.0. The first kappa shape index (κ1) is 26.3. The monoisotopic (exact) mass is 547 g/mol. The van der Waals surface area contributed by atoms with Crippen molar-refractivity contribution in [2.75, 3.05) is 64.8 Å². The van der Waals surface area contributed by atoms with Crippen molar-refractivity contribution in [3.8, 4) is 5.69 Å². The van der Waals surface area contributed by atoms with E-state index < -0.39 is 23.1 Å². The number of morpholine rings is 1. The molecule has 2 aliphatic heterocycles. The van der Waals surface area contributed by atoms with Crippen molar-refractivity contribution in [3.05, 3.63) is 77.6 Å². The first-order valence-electron chi connectivity index (χ1n) is 13.4. The van der Waals surface area contributed by atoms with Gasteiger partial charge in [0.15, 0.2) is 0 Å². The number of amides is 1. The molecular formula is C29H31F2N7O2. The number of piperazine rings is 1. The Bertz CT molecular complexity index is 1490. The van der Waals surface area contributed by atoms with Gasteiger partial charge in [0.1, 0.15) is 22.8 Å². The highest BCUT2D eigenvalue weighted by Crippen LogP contribution is 2.25. The van der Waals surface area contributed by atoms with Crippen molar-refractivity contribution in [3.63, 3.8) is 0 Å². The van der Waals surface area contributed by atoms with E-state index in [0.29, 0.717) is 43.3 Å². The van der Waals surface area contributed by atoms with Crippen molar-refractivity contribution in [2.45, 2.75) is 6.54 Å². The second kappa shape index (κ2) is 11.3. The molecule has 1 N–H and O–H groups in total. The lowest BCUT2D eigenvalue weighted by atomic mass is 10.1. The van der Waals surface area contributed by atoms with Crippen LogP contribution in [0.4, 0.5) is 20.4 Å². The average molecular weight is 548 g/mol. The highest BCUT2D eigenvalue weighted by Gasteiger charge is 2.26. The number of hydrogen-bond donors (Lipinski definition) is 1. The minimum absolute atomic E-state index is 0.224. The zero-order chi connectivity index (χ0) is 27.6. The normalized spacial score (nSPS) is 16.9. The summed E-state index contributed by atoms with van der Waals surface area (Å²) in [7, 11) is 2.15. The molecule has 9 nitrogen and oxygen atoms in total. The maximum Gasteiger partial charge on any atom is 0.259 e. The van der Waals surface area contributed by atoms with Crippen molar-refractivity contribution < 1.29 is 18.3 Å². The minimum atomic E-state index is -0.919. The predicted molar refractivity (Wildman–Crippen MR) is 148 cm³/mol. The predicted octanol–water partition coefficient (Wildman–Crippen LogP) is 3.66. The molecule has 0 spiro atoms. The van der Waals surface area contributed by atoms with E-state index in [1.165, 1.54) is 10.5 Å². The van der Waals surface area contributed by atoms with Crippen LogP contribution in [0.5, 0.6) is 0 Å². The van der Waals surface area contributed by atoms with E-state index in [0.717, 1.165) is 50.5 Å². The number of anilines is 2. The lowest BCUT2D eigenvalue weighted by molar-refractivity contribution is 0.0296. The Morgan fingerprint density at radius 1 is 0.975 bits per heavy atom. The first-order chi connectivity index (χ1) is 19.4. The number of hydrogen-bond acceptors (Lipinski definition) is 7. The highest BCUT2D eigenvalue weighted by atomic mass is 19.1. The molecule has 6 rings (SSSR count). The summed E-state index contributed by atoms with van der Waals surface area (Å²) in [5.74, 6) is -2.15. The number of ether oxygens (including phenoxy) is 1. The number of nitrogens with zero attached hydrogens (tertiary/aromatic N) is 6. The molecule has 40 heavy (non-hydrogen) atoms. The van der Waals surface area contributed by atoms with Crippen LogP contribution in [-0.2, 0) is 11.3 Å². The number of halogens is 2. The van der Waals surface area contributed by atoms with Gasteiger partial charge in [-0.3, -0.25) is 9.69 Å². The van der Waals surface area contributed by atoms with E-state index in [4.69, 9.17) is 4.74 Å². The van der Waals surface area contributed by atoms with Crippen LogP contribution in [0.15, 0.2) is 54.9 Å². The van der Waals surface area contributed by atoms with Gasteiger partial charge in [0.2, 0.25) is 5.95 Å². The SMILES string of the molecule is CN1CCN(Cc2ccc(Nc3ncc4ccn(-c5cc(F)c(C(=O)N6CCOCC6)c(F)c5)c4n3)cc2)CC1. The minimum Gasteiger partial charge on any atom is -0.378 e. The number of likely N-dealkylation sites (N-methyl/N-ethyl adjacent to an activating group) is 1. The molecule has 11 heteroatoms. The third-order valence-electron chi connectivity index (χ3n) is 7.46. The third-order valence-corrected chi connectivity index (χ3v) is 7.46. The van der Waals surface area contributed by atoms with Crippen molar-refractivity contribution in [2.24, 2.45) is 0 Å². The van der Waals surface area contributed by atoms with Gasteiger partial charge in [0, 0.05) is 69.3 Å². The highest BCUT2D eigenvalue weighted by molar-refractivity contribution is 5.95. The molecule has 0 saturated carbocycles. The average Bonchev–Trinajstić information content (AvgIpc) is 3.39. The summed E-state index contributed by atoms with van der Waals surface area (Å²) in [6, 6.07) is 12.3. The molecule has 0 aliphatic carbocycles. The molecule has 2 aromatic heterocycles. The molecule has 0 unspecified atom stereocenters. The van der Waals surface area contributed by atoms with E-state index in [-0.39, 0.29) is 5.69 Å². The van der Waals surface area contributed by atoms with Crippen LogP contribution < -0.4 is 5.32 Å². The molecule has 2 aromatic carbocycles. The van der Waals surface area contributed by atoms with Crippen LogP contribution in [0.1, 0.15) is 15.9 Å². The van der Waals surface area contributed by atoms with Gasteiger partial charge in [0.25, 0.3) is 5.91 Å². The van der Waals surface area contributed by atoms with Gasteiger partial charge in [-0.2, -0.15) is 4.98 Å². The standard InChI is InChI=1S/C29H31F2N7O2/c1-35-8-10-36(11-9-35)19-20-2-4-22(5-3-20)33-29-32-18-21-6-7-38(27(21)34-29)23-16-24(30)26(25(31)17-23)28(39)37-12-14-40-15-13-37/h2-7,16-18H,8-15,19H2,1H3,(H,32,33,34). The van der Waals surface area contributed by atoms with Gasteiger partial charge in [-0.15, -0.1) is 0 Å². The second-order valence-electron chi connectivity index (χ2n) is 10.2. The summed E-state index contributed by atoms with van der Waals surface area (Å²) in [5, 5.41) is 3.93. The molecule has 208 valence electrons. The summed E-state index contributed by atoms with van der Waals surface area (Å²) < 4.78 is 37.0. The van der Waals surface area contributed by atoms with Gasteiger partial charge in [-0.05, 0) is 42.9 Å². The fourth-order valence-corrected chi connectivity index (χ4v) is 5.10. The Kier molecular flexibility index (Phi) is 7.42. The summed E-state index contributed by atoms with van der Waals surface area (Å²) in [5.41, 5.74) is 2.22. The van der Waals surface area contributed by atoms with Crippen LogP contribution in [0.2, 0.25) is 0 Å². The summed E-state index contributed by atoms with van der Waals surface area (Å²) in [6.07, 6.45) is 3.33. The molecular weight excluding hydrogens is 516 g/mol. The second-order valence-corrected chi connectivity index (χ2v) is 10.2. The van der Waals surface area contributed by atoms with E-state index in [9.17, 15) is 4.79 Å². The first-order valence-corrected chi connectivity index (χ1v) is 13.4. The number of aromatic nitrogens is 3. The number of carbonyl (C=O) groups is 1. The zero-order valence-electron chi connectivity index (χ0n) is 22.3. The van der Waals surface area contributed by atoms with Crippen molar-refractivity contribution in [1.29, 1.82) is 0 Å². The van der Waals surface area contributed by atoms with Crippen LogP contribution in [0.3, 0.4) is 0 Å². The van der Waals surface area contributed by atoms with E-state index in [2.05, 4.69) is 44.3 Å². The van der Waals surface area contributed by atoms with Crippen molar-refractivity contribution in [1.82, 2.24) is 29.2 Å². The topological polar surface area (TPSA) is 78.8 Å². The summed E-state index contributed by atoms with van der Waals surface area (Å²) in [6.45, 7) is 6.48. The van der Waals surface area contributed by atoms with Gasteiger partial charge in [0.05, 0.1) is 18.9 Å². The molecule has 2 saturated heterocycles. The molecule has 2 fully saturated rings. The van der Waals surface area contributed by atoms with Crippen LogP contribution >= 0.6 is 0 Å². The lowest BCUT2D eigenvalue weighted by Gasteiger charge is -2.32. The van der Waals surface area contributed by atoms with E-state index in [1.807, 2.05) is 12.1 Å². The largest absolute Gasteiger partial charge is 0.378 e. The number of carbonyl (C=O) groups excluding carboxylic acids is 1. The fourth-order valence-electron chi connectivity index (χ4n) is 5.10. The maximum absolute atomic E-state index is 15.1. The summed E-state index contributed by atoms with van der Waals surface area (Å²) >= 11 is 0. The molecule has 2 aliphatic rings. The Morgan fingerprint density at radius 3 is 2.38 bits per heavy atom. The molecule has 0 radical (unpaired) electrons. The molecule has 4 aromatic rings. The molecule has 1 amide bonds. The lowest BCUT2D eigenvalue weighted by Crippen LogP contribution is -2.43. The van der Waals surface area contributed by atoms with Crippen LogP contribution in [0.25, 0.3) is 16.7 Å². The van der Waals surface area contributed by atoms with Gasteiger partial charge in [-0.25, -0.2) is 13.8 Å². The van der Waals surface area contributed by atoms with Gasteiger partial charge in [-0.1, -0.05) is 12.1 Å². The number of benzene rings is 2. The van der Waals surface area contributed by atoms with Crippen LogP contribution in [0, 0.1) is 11.6 Å². The van der Waals surface area contributed by atoms with Gasteiger partial charge >= 0.3 is 0 Å². The van der Waals surface area contributed by atoms with Gasteiger partial charge < -0.3 is 24.4 Å².